The van der Waals surface area contributed by atoms with E-state index in [-0.39, 0.29) is 0 Å². The number of carboxylic acid groups (broad SMARTS) is 1. The minimum Gasteiger partial charge on any atom is -0.478 e. The molecule has 3 heteroatoms. The lowest BCUT2D eigenvalue weighted by molar-refractivity contribution is 0.0696. The smallest absolute Gasteiger partial charge is 0.335 e. The SMILES string of the molecule is CC1CCN(Cc2ccc(C(=O)O)cc2)C(C)C1. The summed E-state index contributed by atoms with van der Waals surface area (Å²) in [5.41, 5.74) is 1.56. The van der Waals surface area contributed by atoms with Gasteiger partial charge in [-0.05, 0) is 49.9 Å². The maximum absolute atomic E-state index is 10.8. The molecular formula is C15H21NO2. The molecule has 1 aromatic carbocycles. The third-order valence-electron chi connectivity index (χ3n) is 3.86. The second-order valence-corrected chi connectivity index (χ2v) is 5.45. The Kier molecular flexibility index (Phi) is 4.02. The molecule has 1 aliphatic heterocycles. The van der Waals surface area contributed by atoms with Crippen LogP contribution in [0.2, 0.25) is 0 Å². The van der Waals surface area contributed by atoms with Crippen molar-refractivity contribution >= 4 is 5.97 Å². The van der Waals surface area contributed by atoms with Crippen molar-refractivity contribution in [2.75, 3.05) is 6.54 Å². The van der Waals surface area contributed by atoms with Crippen LogP contribution < -0.4 is 0 Å². The van der Waals surface area contributed by atoms with E-state index >= 15 is 0 Å². The van der Waals surface area contributed by atoms with E-state index in [4.69, 9.17) is 5.11 Å². The third-order valence-corrected chi connectivity index (χ3v) is 3.86. The van der Waals surface area contributed by atoms with Gasteiger partial charge >= 0.3 is 5.97 Å². The quantitative estimate of drug-likeness (QED) is 0.892. The molecule has 0 aromatic heterocycles. The molecule has 1 saturated heterocycles. The highest BCUT2D eigenvalue weighted by atomic mass is 16.4. The van der Waals surface area contributed by atoms with E-state index in [9.17, 15) is 4.79 Å². The first-order valence-electron chi connectivity index (χ1n) is 6.62. The Morgan fingerprint density at radius 3 is 2.56 bits per heavy atom. The molecule has 1 heterocycles. The monoisotopic (exact) mass is 247 g/mol. The van der Waals surface area contributed by atoms with Gasteiger partial charge < -0.3 is 5.11 Å². The number of benzene rings is 1. The predicted octanol–water partition coefficient (Wildman–Crippen LogP) is 3.01. The molecule has 98 valence electrons. The van der Waals surface area contributed by atoms with Gasteiger partial charge in [0.1, 0.15) is 0 Å². The summed E-state index contributed by atoms with van der Waals surface area (Å²) in [4.78, 5) is 13.3. The van der Waals surface area contributed by atoms with E-state index in [1.54, 1.807) is 12.1 Å². The molecule has 0 aliphatic carbocycles. The van der Waals surface area contributed by atoms with E-state index in [0.717, 1.165) is 19.0 Å². The Hall–Kier alpha value is -1.35. The van der Waals surface area contributed by atoms with Crippen molar-refractivity contribution < 1.29 is 9.90 Å². The van der Waals surface area contributed by atoms with Gasteiger partial charge in [-0.15, -0.1) is 0 Å². The van der Waals surface area contributed by atoms with Crippen molar-refractivity contribution in [3.63, 3.8) is 0 Å². The van der Waals surface area contributed by atoms with Crippen molar-refractivity contribution in [1.82, 2.24) is 4.90 Å². The lowest BCUT2D eigenvalue weighted by Crippen LogP contribution is -2.39. The van der Waals surface area contributed by atoms with Crippen LogP contribution in [0.15, 0.2) is 24.3 Å². The minimum absolute atomic E-state index is 0.360. The molecule has 2 rings (SSSR count). The Bertz CT molecular complexity index is 413. The van der Waals surface area contributed by atoms with Crippen molar-refractivity contribution in [1.29, 1.82) is 0 Å². The van der Waals surface area contributed by atoms with Crippen LogP contribution in [-0.4, -0.2) is 28.6 Å². The van der Waals surface area contributed by atoms with Crippen LogP contribution in [0.3, 0.4) is 0 Å². The van der Waals surface area contributed by atoms with Crippen LogP contribution in [0.1, 0.15) is 42.6 Å². The predicted molar refractivity (Wildman–Crippen MR) is 71.7 cm³/mol. The normalized spacial score (nSPS) is 25.0. The molecule has 0 spiro atoms. The van der Waals surface area contributed by atoms with Crippen molar-refractivity contribution in [3.05, 3.63) is 35.4 Å². The number of carboxylic acids is 1. The van der Waals surface area contributed by atoms with Crippen molar-refractivity contribution in [2.24, 2.45) is 5.92 Å². The van der Waals surface area contributed by atoms with Crippen LogP contribution >= 0.6 is 0 Å². The first-order valence-corrected chi connectivity index (χ1v) is 6.62. The summed E-state index contributed by atoms with van der Waals surface area (Å²) in [6, 6.07) is 7.85. The summed E-state index contributed by atoms with van der Waals surface area (Å²) in [5, 5.41) is 8.86. The first kappa shape index (κ1) is 13.1. The highest BCUT2D eigenvalue weighted by Crippen LogP contribution is 2.23. The maximum Gasteiger partial charge on any atom is 0.335 e. The highest BCUT2D eigenvalue weighted by molar-refractivity contribution is 5.87. The Balaban J connectivity index is 1.99. The second-order valence-electron chi connectivity index (χ2n) is 5.45. The molecule has 18 heavy (non-hydrogen) atoms. The van der Waals surface area contributed by atoms with Gasteiger partial charge in [-0.2, -0.15) is 0 Å². The first-order chi connectivity index (χ1) is 8.56. The largest absolute Gasteiger partial charge is 0.478 e. The summed E-state index contributed by atoms with van der Waals surface area (Å²) in [7, 11) is 0. The number of hydrogen-bond donors (Lipinski definition) is 1. The number of nitrogens with zero attached hydrogens (tertiary/aromatic N) is 1. The van der Waals surface area contributed by atoms with Crippen LogP contribution in [0.5, 0.6) is 0 Å². The van der Waals surface area contributed by atoms with Gasteiger partial charge in [-0.3, -0.25) is 4.90 Å². The van der Waals surface area contributed by atoms with E-state index in [0.29, 0.717) is 11.6 Å². The Morgan fingerprint density at radius 2 is 2.00 bits per heavy atom. The lowest BCUT2D eigenvalue weighted by atomic mass is 9.93. The van der Waals surface area contributed by atoms with Crippen molar-refractivity contribution in [2.45, 2.75) is 39.3 Å². The molecule has 1 fully saturated rings. The Morgan fingerprint density at radius 1 is 1.33 bits per heavy atom. The Labute approximate surface area is 108 Å². The van der Waals surface area contributed by atoms with E-state index in [2.05, 4.69) is 18.7 Å². The van der Waals surface area contributed by atoms with Gasteiger partial charge in [-0.25, -0.2) is 4.79 Å². The molecule has 0 bridgehead atoms. The van der Waals surface area contributed by atoms with Gasteiger partial charge in [0.25, 0.3) is 0 Å². The van der Waals surface area contributed by atoms with Gasteiger partial charge in [-0.1, -0.05) is 19.1 Å². The average Bonchev–Trinajstić information content (AvgIpc) is 2.33. The molecule has 2 atom stereocenters. The molecule has 0 radical (unpaired) electrons. The number of carbonyl (C=O) groups is 1. The van der Waals surface area contributed by atoms with Crippen LogP contribution in [-0.2, 0) is 6.54 Å². The summed E-state index contributed by atoms with van der Waals surface area (Å²) < 4.78 is 0. The second kappa shape index (κ2) is 5.53. The lowest BCUT2D eigenvalue weighted by Gasteiger charge is -2.36. The fraction of sp³-hybridized carbons (Fsp3) is 0.533. The van der Waals surface area contributed by atoms with E-state index in [1.165, 1.54) is 18.4 Å². The highest BCUT2D eigenvalue weighted by Gasteiger charge is 2.22. The fourth-order valence-corrected chi connectivity index (χ4v) is 2.68. The summed E-state index contributed by atoms with van der Waals surface area (Å²) in [5.74, 6) is -0.0349. The van der Waals surface area contributed by atoms with Crippen LogP contribution in [0.4, 0.5) is 0 Å². The molecule has 0 saturated carbocycles. The van der Waals surface area contributed by atoms with Crippen LogP contribution in [0, 0.1) is 5.92 Å². The zero-order valence-electron chi connectivity index (χ0n) is 11.1. The molecule has 2 unspecified atom stereocenters. The van der Waals surface area contributed by atoms with Crippen molar-refractivity contribution in [3.8, 4) is 0 Å². The van der Waals surface area contributed by atoms with Gasteiger partial charge in [0.15, 0.2) is 0 Å². The zero-order valence-corrected chi connectivity index (χ0v) is 11.1. The topological polar surface area (TPSA) is 40.5 Å². The summed E-state index contributed by atoms with van der Waals surface area (Å²) in [6.45, 7) is 6.66. The number of piperidine rings is 1. The molecule has 1 aliphatic rings. The fourth-order valence-electron chi connectivity index (χ4n) is 2.68. The number of aromatic carboxylic acids is 1. The number of rotatable bonds is 3. The zero-order chi connectivity index (χ0) is 13.1. The van der Waals surface area contributed by atoms with E-state index in [1.807, 2.05) is 12.1 Å². The van der Waals surface area contributed by atoms with Gasteiger partial charge in [0.05, 0.1) is 5.56 Å². The van der Waals surface area contributed by atoms with Gasteiger partial charge in [0, 0.05) is 12.6 Å². The summed E-state index contributed by atoms with van der Waals surface area (Å²) in [6.07, 6.45) is 2.52. The average molecular weight is 247 g/mol. The molecule has 0 amide bonds. The minimum atomic E-state index is -0.860. The third kappa shape index (κ3) is 3.10. The molecule has 1 N–H and O–H groups in total. The molecule has 1 aromatic rings. The maximum atomic E-state index is 10.8. The van der Waals surface area contributed by atoms with Crippen LogP contribution in [0.25, 0.3) is 0 Å². The number of likely N-dealkylation sites (tertiary alicyclic amines) is 1. The standard InChI is InChI=1S/C15H21NO2/c1-11-7-8-16(12(2)9-11)10-13-3-5-14(6-4-13)15(17)18/h3-6,11-12H,7-10H2,1-2H3,(H,17,18). The summed E-state index contributed by atoms with van der Waals surface area (Å²) >= 11 is 0. The number of hydrogen-bond acceptors (Lipinski definition) is 2. The molecular weight excluding hydrogens is 226 g/mol. The van der Waals surface area contributed by atoms with Gasteiger partial charge in [0.2, 0.25) is 0 Å². The molecule has 3 nitrogen and oxygen atoms in total. The van der Waals surface area contributed by atoms with E-state index < -0.39 is 5.97 Å².